The molecule has 1 N–H and O–H groups in total. The molecule has 0 aliphatic rings. The van der Waals surface area contributed by atoms with E-state index in [1.807, 2.05) is 20.8 Å². The van der Waals surface area contributed by atoms with Crippen molar-refractivity contribution in [1.82, 2.24) is 0 Å². The molecule has 0 bridgehead atoms. The van der Waals surface area contributed by atoms with Gasteiger partial charge in [0, 0.05) is 6.61 Å². The van der Waals surface area contributed by atoms with Crippen molar-refractivity contribution in [1.29, 1.82) is 0 Å². The predicted molar refractivity (Wildman–Crippen MR) is 61.1 cm³/mol. The van der Waals surface area contributed by atoms with Crippen LogP contribution in [0.2, 0.25) is 0 Å². The van der Waals surface area contributed by atoms with Crippen LogP contribution in [0.4, 0.5) is 0 Å². The molecule has 1 aromatic rings. The molecule has 1 rings (SSSR count). The Balaban J connectivity index is 2.51. The fourth-order valence-corrected chi connectivity index (χ4v) is 1.42. The Morgan fingerprint density at radius 1 is 1.47 bits per heavy atom. The van der Waals surface area contributed by atoms with Gasteiger partial charge in [-0.25, -0.2) is 4.79 Å². The van der Waals surface area contributed by atoms with Gasteiger partial charge in [0.05, 0.1) is 12.7 Å². The summed E-state index contributed by atoms with van der Waals surface area (Å²) in [5, 5.41) is 8.72. The standard InChI is InChI=1S/C12H18O5/c1-4-15-7-8(2)16-9(3)10-5-6-11(17-10)12(13)14/h5-6,8-9H,4,7H2,1-3H3,(H,13,14). The Hall–Kier alpha value is -1.33. The van der Waals surface area contributed by atoms with Gasteiger partial charge in [0.1, 0.15) is 11.9 Å². The van der Waals surface area contributed by atoms with Crippen LogP contribution in [0, 0.1) is 0 Å². The lowest BCUT2D eigenvalue weighted by Gasteiger charge is -2.17. The highest BCUT2D eigenvalue weighted by Gasteiger charge is 2.16. The zero-order valence-corrected chi connectivity index (χ0v) is 10.3. The van der Waals surface area contributed by atoms with Crippen LogP contribution in [0.3, 0.4) is 0 Å². The molecule has 0 aliphatic carbocycles. The van der Waals surface area contributed by atoms with Gasteiger partial charge in [0.15, 0.2) is 0 Å². The van der Waals surface area contributed by atoms with Crippen molar-refractivity contribution in [3.63, 3.8) is 0 Å². The van der Waals surface area contributed by atoms with Gasteiger partial charge in [-0.2, -0.15) is 0 Å². The number of ether oxygens (including phenoxy) is 2. The first-order valence-electron chi connectivity index (χ1n) is 5.60. The summed E-state index contributed by atoms with van der Waals surface area (Å²) in [7, 11) is 0. The molecule has 2 unspecified atom stereocenters. The zero-order chi connectivity index (χ0) is 12.8. The molecule has 0 aliphatic heterocycles. The van der Waals surface area contributed by atoms with E-state index in [4.69, 9.17) is 19.0 Å². The van der Waals surface area contributed by atoms with Crippen molar-refractivity contribution >= 4 is 5.97 Å². The normalized spacial score (nSPS) is 14.5. The lowest BCUT2D eigenvalue weighted by molar-refractivity contribution is -0.0478. The van der Waals surface area contributed by atoms with Crippen LogP contribution in [0.15, 0.2) is 16.5 Å². The van der Waals surface area contributed by atoms with E-state index in [9.17, 15) is 4.79 Å². The summed E-state index contributed by atoms with van der Waals surface area (Å²) in [5.74, 6) is -0.649. The number of aromatic carboxylic acids is 1. The summed E-state index contributed by atoms with van der Waals surface area (Å²) in [6, 6.07) is 3.03. The Morgan fingerprint density at radius 2 is 2.18 bits per heavy atom. The second-order valence-electron chi connectivity index (χ2n) is 3.76. The molecular formula is C12H18O5. The van der Waals surface area contributed by atoms with Crippen molar-refractivity contribution < 1.29 is 23.8 Å². The molecule has 0 saturated heterocycles. The van der Waals surface area contributed by atoms with Crippen LogP contribution in [-0.4, -0.2) is 30.4 Å². The molecule has 0 radical (unpaired) electrons. The molecule has 17 heavy (non-hydrogen) atoms. The first kappa shape index (κ1) is 13.7. The smallest absolute Gasteiger partial charge is 0.371 e. The summed E-state index contributed by atoms with van der Waals surface area (Å²) in [4.78, 5) is 10.6. The largest absolute Gasteiger partial charge is 0.475 e. The van der Waals surface area contributed by atoms with E-state index >= 15 is 0 Å². The maximum atomic E-state index is 10.6. The average molecular weight is 242 g/mol. The van der Waals surface area contributed by atoms with E-state index in [0.29, 0.717) is 19.0 Å². The monoisotopic (exact) mass is 242 g/mol. The van der Waals surface area contributed by atoms with E-state index in [1.54, 1.807) is 6.07 Å². The first-order chi connectivity index (χ1) is 8.04. The lowest BCUT2D eigenvalue weighted by Crippen LogP contribution is -2.17. The van der Waals surface area contributed by atoms with Crippen molar-refractivity contribution in [2.24, 2.45) is 0 Å². The van der Waals surface area contributed by atoms with E-state index in [0.717, 1.165) is 0 Å². The predicted octanol–water partition coefficient (Wildman–Crippen LogP) is 2.48. The van der Waals surface area contributed by atoms with Gasteiger partial charge in [-0.15, -0.1) is 0 Å². The number of rotatable bonds is 7. The van der Waals surface area contributed by atoms with E-state index < -0.39 is 5.97 Å². The molecule has 0 amide bonds. The summed E-state index contributed by atoms with van der Waals surface area (Å²) < 4.78 is 16.0. The molecule has 0 aromatic carbocycles. The van der Waals surface area contributed by atoms with Crippen LogP contribution in [-0.2, 0) is 9.47 Å². The Bertz CT molecular complexity index is 358. The SMILES string of the molecule is CCOCC(C)OC(C)c1ccc(C(=O)O)o1. The minimum absolute atomic E-state index is 0.0664. The number of carboxylic acid groups (broad SMARTS) is 1. The van der Waals surface area contributed by atoms with Gasteiger partial charge in [-0.1, -0.05) is 0 Å². The number of hydrogen-bond donors (Lipinski definition) is 1. The summed E-state index contributed by atoms with van der Waals surface area (Å²) in [6.07, 6.45) is -0.359. The highest BCUT2D eigenvalue weighted by molar-refractivity contribution is 5.84. The second kappa shape index (κ2) is 6.42. The maximum absolute atomic E-state index is 10.6. The summed E-state index contributed by atoms with van der Waals surface area (Å²) in [6.45, 7) is 6.78. The molecule has 2 atom stereocenters. The van der Waals surface area contributed by atoms with Crippen LogP contribution in [0.5, 0.6) is 0 Å². The maximum Gasteiger partial charge on any atom is 0.371 e. The van der Waals surface area contributed by atoms with Crippen molar-refractivity contribution in [3.8, 4) is 0 Å². The molecule has 5 heteroatoms. The Morgan fingerprint density at radius 3 is 2.71 bits per heavy atom. The van der Waals surface area contributed by atoms with Gasteiger partial charge in [-0.05, 0) is 32.9 Å². The molecule has 1 aromatic heterocycles. The average Bonchev–Trinajstić information content (AvgIpc) is 2.75. The molecular weight excluding hydrogens is 224 g/mol. The molecule has 0 fully saturated rings. The minimum Gasteiger partial charge on any atom is -0.475 e. The third-order valence-electron chi connectivity index (χ3n) is 2.23. The first-order valence-corrected chi connectivity index (χ1v) is 5.60. The quantitative estimate of drug-likeness (QED) is 0.795. The molecule has 5 nitrogen and oxygen atoms in total. The van der Waals surface area contributed by atoms with E-state index in [2.05, 4.69) is 0 Å². The summed E-state index contributed by atoms with van der Waals surface area (Å²) >= 11 is 0. The number of carbonyl (C=O) groups is 1. The fourth-order valence-electron chi connectivity index (χ4n) is 1.42. The summed E-state index contributed by atoms with van der Waals surface area (Å²) in [5.41, 5.74) is 0. The van der Waals surface area contributed by atoms with E-state index in [1.165, 1.54) is 6.07 Å². The van der Waals surface area contributed by atoms with E-state index in [-0.39, 0.29) is 18.0 Å². The van der Waals surface area contributed by atoms with Crippen LogP contribution < -0.4 is 0 Å². The number of hydrogen-bond acceptors (Lipinski definition) is 4. The van der Waals surface area contributed by atoms with Gasteiger partial charge in [0.25, 0.3) is 0 Å². The van der Waals surface area contributed by atoms with Gasteiger partial charge in [0.2, 0.25) is 5.76 Å². The Labute approximate surface area is 100 Å². The topological polar surface area (TPSA) is 68.9 Å². The minimum atomic E-state index is -1.08. The molecule has 1 heterocycles. The fraction of sp³-hybridized carbons (Fsp3) is 0.583. The van der Waals surface area contributed by atoms with Gasteiger partial charge in [-0.3, -0.25) is 0 Å². The van der Waals surface area contributed by atoms with Crippen LogP contribution in [0.25, 0.3) is 0 Å². The highest BCUT2D eigenvalue weighted by Crippen LogP contribution is 2.21. The highest BCUT2D eigenvalue weighted by atomic mass is 16.5. The van der Waals surface area contributed by atoms with Crippen molar-refractivity contribution in [3.05, 3.63) is 23.7 Å². The lowest BCUT2D eigenvalue weighted by atomic mass is 10.3. The third kappa shape index (κ3) is 4.20. The zero-order valence-electron chi connectivity index (χ0n) is 10.3. The molecule has 96 valence electrons. The van der Waals surface area contributed by atoms with Gasteiger partial charge >= 0.3 is 5.97 Å². The third-order valence-corrected chi connectivity index (χ3v) is 2.23. The van der Waals surface area contributed by atoms with Crippen LogP contribution >= 0.6 is 0 Å². The van der Waals surface area contributed by atoms with Crippen molar-refractivity contribution in [2.75, 3.05) is 13.2 Å². The number of carboxylic acids is 1. The second-order valence-corrected chi connectivity index (χ2v) is 3.76. The van der Waals surface area contributed by atoms with Crippen molar-refractivity contribution in [2.45, 2.75) is 33.0 Å². The Kier molecular flexibility index (Phi) is 5.18. The molecule has 0 saturated carbocycles. The number of furan rings is 1. The van der Waals surface area contributed by atoms with Gasteiger partial charge < -0.3 is 19.0 Å². The molecule has 0 spiro atoms. The van der Waals surface area contributed by atoms with Crippen LogP contribution in [0.1, 0.15) is 43.2 Å².